The standard InChI is InChI=1S/C25H25FN6O4S/c1-37(27,36)20-8-6-19(7-9-20)32-22-21(14-29-32)24(34)31(16-28-22)15-25(35)10-12-30(13-11-25)23(33)17-2-4-18(26)5-3-17/h2-9,14,16,27,35H,10-13,15H2,1H3/t37-/m1/s1. The third kappa shape index (κ3) is 4.89. The quantitative estimate of drug-likeness (QED) is 0.412. The van der Waals surface area contributed by atoms with Crippen molar-refractivity contribution in [1.29, 1.82) is 4.78 Å². The predicted molar refractivity (Wildman–Crippen MR) is 135 cm³/mol. The van der Waals surface area contributed by atoms with Crippen molar-refractivity contribution in [3.05, 3.63) is 82.8 Å². The zero-order chi connectivity index (χ0) is 26.4. The van der Waals surface area contributed by atoms with E-state index in [1.54, 1.807) is 29.2 Å². The summed E-state index contributed by atoms with van der Waals surface area (Å²) in [6, 6.07) is 11.8. The van der Waals surface area contributed by atoms with Crippen LogP contribution in [0.25, 0.3) is 16.7 Å². The minimum Gasteiger partial charge on any atom is -0.388 e. The number of nitrogens with zero attached hydrogens (tertiary/aromatic N) is 5. The van der Waals surface area contributed by atoms with E-state index in [1.807, 2.05) is 0 Å². The van der Waals surface area contributed by atoms with Crippen molar-refractivity contribution in [2.45, 2.75) is 29.9 Å². The van der Waals surface area contributed by atoms with Gasteiger partial charge in [-0.15, -0.1) is 0 Å². The molecule has 0 bridgehead atoms. The maximum Gasteiger partial charge on any atom is 0.264 e. The number of fused-ring (bicyclic) bond motifs is 1. The van der Waals surface area contributed by atoms with Crippen LogP contribution in [0.2, 0.25) is 0 Å². The Morgan fingerprint density at radius 1 is 1.14 bits per heavy atom. The van der Waals surface area contributed by atoms with Crippen LogP contribution >= 0.6 is 0 Å². The number of carbonyl (C=O) groups excluding carboxylic acids is 1. The second kappa shape index (κ2) is 9.20. The van der Waals surface area contributed by atoms with Gasteiger partial charge in [-0.1, -0.05) is 0 Å². The Bertz CT molecular complexity index is 1640. The molecule has 10 nitrogen and oxygen atoms in total. The number of nitrogens with one attached hydrogen (secondary N) is 1. The van der Waals surface area contributed by atoms with E-state index in [0.717, 1.165) is 0 Å². The Balaban J connectivity index is 1.32. The van der Waals surface area contributed by atoms with Gasteiger partial charge in [0.1, 0.15) is 17.5 Å². The molecule has 3 heterocycles. The summed E-state index contributed by atoms with van der Waals surface area (Å²) in [5.74, 6) is -0.646. The van der Waals surface area contributed by atoms with Gasteiger partial charge in [-0.05, 0) is 61.4 Å². The molecule has 12 heteroatoms. The second-order valence-corrected chi connectivity index (χ2v) is 11.5. The largest absolute Gasteiger partial charge is 0.388 e. The van der Waals surface area contributed by atoms with Crippen molar-refractivity contribution >= 4 is 26.7 Å². The van der Waals surface area contributed by atoms with E-state index in [4.69, 9.17) is 4.78 Å². The van der Waals surface area contributed by atoms with Crippen molar-refractivity contribution in [2.24, 2.45) is 0 Å². The zero-order valence-corrected chi connectivity index (χ0v) is 20.8. The Kier molecular flexibility index (Phi) is 6.16. The summed E-state index contributed by atoms with van der Waals surface area (Å²) < 4.78 is 35.6. The maximum absolute atomic E-state index is 13.2. The summed E-state index contributed by atoms with van der Waals surface area (Å²) in [5.41, 5.74) is -0.234. The molecule has 2 aromatic heterocycles. The maximum atomic E-state index is 13.2. The third-order valence-corrected chi connectivity index (χ3v) is 7.79. The minimum atomic E-state index is -2.84. The fourth-order valence-electron chi connectivity index (χ4n) is 4.47. The molecule has 0 aliphatic carbocycles. The first-order chi connectivity index (χ1) is 17.5. The fraction of sp³-hybridized carbons (Fsp3) is 0.280. The summed E-state index contributed by atoms with van der Waals surface area (Å²) in [4.78, 5) is 32.3. The Hall–Kier alpha value is -3.90. The molecule has 0 unspecified atom stereocenters. The molecule has 1 aliphatic heterocycles. The molecular weight excluding hydrogens is 499 g/mol. The molecule has 4 aromatic rings. The number of benzene rings is 2. The number of amides is 1. The first-order valence-corrected chi connectivity index (χ1v) is 13.6. The van der Waals surface area contributed by atoms with E-state index in [-0.39, 0.29) is 36.2 Å². The summed E-state index contributed by atoms with van der Waals surface area (Å²) in [5, 5.41) is 15.7. The number of carbonyl (C=O) groups is 1. The first kappa shape index (κ1) is 24.8. The molecule has 37 heavy (non-hydrogen) atoms. The Labute approximate surface area is 212 Å². The number of halogens is 1. The highest BCUT2D eigenvalue weighted by molar-refractivity contribution is 7.91. The number of aliphatic hydroxyl groups is 1. The van der Waals surface area contributed by atoms with Gasteiger partial charge in [-0.25, -0.2) is 23.0 Å². The van der Waals surface area contributed by atoms with Crippen LogP contribution < -0.4 is 5.56 Å². The molecule has 1 fully saturated rings. The van der Waals surface area contributed by atoms with E-state index < -0.39 is 21.1 Å². The van der Waals surface area contributed by atoms with Gasteiger partial charge in [-0.2, -0.15) is 5.10 Å². The van der Waals surface area contributed by atoms with Crippen LogP contribution in [0.15, 0.2) is 70.7 Å². The van der Waals surface area contributed by atoms with Crippen LogP contribution in [0.1, 0.15) is 23.2 Å². The average molecular weight is 525 g/mol. The normalized spacial score (nSPS) is 17.0. The summed E-state index contributed by atoms with van der Waals surface area (Å²) in [6.45, 7) is 0.614. The minimum absolute atomic E-state index is 0.0155. The smallest absolute Gasteiger partial charge is 0.264 e. The number of piperidine rings is 1. The lowest BCUT2D eigenvalue weighted by molar-refractivity contribution is -0.0299. The van der Waals surface area contributed by atoms with Crippen molar-refractivity contribution in [1.82, 2.24) is 24.2 Å². The van der Waals surface area contributed by atoms with Gasteiger partial charge in [0.2, 0.25) is 0 Å². The van der Waals surface area contributed by atoms with E-state index >= 15 is 0 Å². The van der Waals surface area contributed by atoms with Gasteiger partial charge in [0.05, 0.1) is 33.8 Å². The molecule has 2 aromatic carbocycles. The van der Waals surface area contributed by atoms with Gasteiger partial charge in [0.25, 0.3) is 11.5 Å². The number of hydrogen-bond acceptors (Lipinski definition) is 7. The molecule has 1 amide bonds. The van der Waals surface area contributed by atoms with Crippen molar-refractivity contribution < 1.29 is 18.5 Å². The monoisotopic (exact) mass is 524 g/mol. The molecule has 1 saturated heterocycles. The molecule has 2 N–H and O–H groups in total. The molecule has 1 aliphatic rings. The molecular formula is C25H25FN6O4S. The SMILES string of the molecule is C[S@@](=N)(=O)c1ccc(-n2ncc3c(=O)n(CC4(O)CCN(C(=O)c5ccc(F)cc5)CC4)cnc32)cc1. The number of likely N-dealkylation sites (tertiary alicyclic amines) is 1. The number of rotatable bonds is 5. The Morgan fingerprint density at radius 2 is 1.78 bits per heavy atom. The van der Waals surface area contributed by atoms with Crippen molar-refractivity contribution in [3.8, 4) is 5.69 Å². The van der Waals surface area contributed by atoms with Crippen molar-refractivity contribution in [2.75, 3.05) is 19.3 Å². The Morgan fingerprint density at radius 3 is 2.41 bits per heavy atom. The lowest BCUT2D eigenvalue weighted by Crippen LogP contribution is -2.49. The molecule has 0 saturated carbocycles. The van der Waals surface area contributed by atoms with Gasteiger partial charge in [0, 0.05) is 29.8 Å². The highest BCUT2D eigenvalue weighted by Gasteiger charge is 2.35. The zero-order valence-electron chi connectivity index (χ0n) is 20.0. The first-order valence-electron chi connectivity index (χ1n) is 11.6. The average Bonchev–Trinajstić information content (AvgIpc) is 3.31. The van der Waals surface area contributed by atoms with E-state index in [1.165, 1.54) is 52.3 Å². The van der Waals surface area contributed by atoms with Crippen LogP contribution in [0, 0.1) is 10.6 Å². The summed E-state index contributed by atoms with van der Waals surface area (Å²) in [6.07, 6.45) is 4.67. The van der Waals surface area contributed by atoms with E-state index in [9.17, 15) is 23.3 Å². The van der Waals surface area contributed by atoms with Crippen LogP contribution in [-0.2, 0) is 16.3 Å². The summed E-state index contributed by atoms with van der Waals surface area (Å²) >= 11 is 0. The van der Waals surface area contributed by atoms with E-state index in [0.29, 0.717) is 34.9 Å². The molecule has 0 radical (unpaired) electrons. The topological polar surface area (TPSA) is 134 Å². The van der Waals surface area contributed by atoms with Crippen LogP contribution in [0.4, 0.5) is 4.39 Å². The summed E-state index contributed by atoms with van der Waals surface area (Å²) in [7, 11) is -2.84. The highest BCUT2D eigenvalue weighted by atomic mass is 32.2. The number of aromatic nitrogens is 4. The lowest BCUT2D eigenvalue weighted by atomic mass is 9.91. The second-order valence-electron chi connectivity index (χ2n) is 9.33. The van der Waals surface area contributed by atoms with Gasteiger partial charge in [-0.3, -0.25) is 14.2 Å². The van der Waals surface area contributed by atoms with Crippen LogP contribution in [-0.4, -0.2) is 64.4 Å². The molecule has 1 atom stereocenters. The number of hydrogen-bond donors (Lipinski definition) is 2. The lowest BCUT2D eigenvalue weighted by Gasteiger charge is -2.38. The highest BCUT2D eigenvalue weighted by Crippen LogP contribution is 2.25. The van der Waals surface area contributed by atoms with Gasteiger partial charge in [0.15, 0.2) is 5.65 Å². The van der Waals surface area contributed by atoms with Gasteiger partial charge < -0.3 is 10.0 Å². The predicted octanol–water partition coefficient (Wildman–Crippen LogP) is 2.42. The van der Waals surface area contributed by atoms with Crippen LogP contribution in [0.3, 0.4) is 0 Å². The van der Waals surface area contributed by atoms with Crippen molar-refractivity contribution in [3.63, 3.8) is 0 Å². The molecule has 0 spiro atoms. The van der Waals surface area contributed by atoms with Gasteiger partial charge >= 0.3 is 0 Å². The van der Waals surface area contributed by atoms with E-state index in [2.05, 4.69) is 10.1 Å². The molecule has 5 rings (SSSR count). The fourth-order valence-corrected chi connectivity index (χ4v) is 5.13. The molecule has 192 valence electrons. The third-order valence-electron chi connectivity index (χ3n) is 6.62. The van der Waals surface area contributed by atoms with Crippen LogP contribution in [0.5, 0.6) is 0 Å².